The number of carbonyl (C=O) groups is 1. The number of aryl methyl sites for hydroxylation is 1. The number of hydrogen-bond acceptors (Lipinski definition) is 2. The van der Waals surface area contributed by atoms with Crippen molar-refractivity contribution in [3.8, 4) is 5.69 Å². The van der Waals surface area contributed by atoms with Crippen molar-refractivity contribution in [1.82, 2.24) is 9.99 Å². The van der Waals surface area contributed by atoms with Gasteiger partial charge < -0.3 is 9.88 Å². The van der Waals surface area contributed by atoms with Gasteiger partial charge in [0.1, 0.15) is 0 Å². The maximum atomic E-state index is 11.9. The average molecular weight is 397 g/mol. The molecule has 0 spiro atoms. The highest BCUT2D eigenvalue weighted by molar-refractivity contribution is 9.10. The number of amides is 2. The van der Waals surface area contributed by atoms with Gasteiger partial charge >= 0.3 is 6.03 Å². The number of hydrazone groups is 1. The summed E-state index contributed by atoms with van der Waals surface area (Å²) < 4.78 is 2.99. The summed E-state index contributed by atoms with van der Waals surface area (Å²) in [5.41, 5.74) is 6.13. The number of nitrogens with zero attached hydrogens (tertiary/aromatic N) is 2. The average Bonchev–Trinajstić information content (AvgIpc) is 3.07. The monoisotopic (exact) mass is 396 g/mol. The van der Waals surface area contributed by atoms with Crippen LogP contribution in [0.4, 0.5) is 10.5 Å². The molecule has 6 heteroatoms. The second-order valence-corrected chi connectivity index (χ2v) is 6.28. The Balaban J connectivity index is 1.63. The van der Waals surface area contributed by atoms with Crippen LogP contribution in [0.15, 0.2) is 76.4 Å². The molecule has 0 aliphatic carbocycles. The van der Waals surface area contributed by atoms with Crippen LogP contribution in [0.2, 0.25) is 0 Å². The van der Waals surface area contributed by atoms with E-state index in [0.717, 1.165) is 21.4 Å². The Morgan fingerprint density at radius 3 is 2.68 bits per heavy atom. The topological polar surface area (TPSA) is 58.4 Å². The van der Waals surface area contributed by atoms with Gasteiger partial charge in [-0.25, -0.2) is 10.2 Å². The molecule has 0 radical (unpaired) electrons. The van der Waals surface area contributed by atoms with E-state index >= 15 is 0 Å². The zero-order valence-corrected chi connectivity index (χ0v) is 15.2. The molecule has 1 heterocycles. The molecule has 0 saturated heterocycles. The zero-order valence-electron chi connectivity index (χ0n) is 13.6. The normalized spacial score (nSPS) is 10.8. The van der Waals surface area contributed by atoms with Crippen LogP contribution in [0.5, 0.6) is 0 Å². The van der Waals surface area contributed by atoms with Gasteiger partial charge in [0.2, 0.25) is 0 Å². The highest BCUT2D eigenvalue weighted by atomic mass is 79.9. The van der Waals surface area contributed by atoms with Crippen LogP contribution >= 0.6 is 15.9 Å². The minimum Gasteiger partial charge on any atom is -0.316 e. The predicted molar refractivity (Wildman–Crippen MR) is 104 cm³/mol. The fraction of sp³-hybridized carbons (Fsp3) is 0.0526. The van der Waals surface area contributed by atoms with Gasteiger partial charge in [-0.1, -0.05) is 34.1 Å². The zero-order chi connectivity index (χ0) is 17.6. The molecule has 0 unspecified atom stereocenters. The number of hydrogen-bond donors (Lipinski definition) is 2. The van der Waals surface area contributed by atoms with Crippen molar-refractivity contribution in [2.75, 3.05) is 5.32 Å². The summed E-state index contributed by atoms with van der Waals surface area (Å²) in [6, 6.07) is 19.0. The molecule has 0 saturated carbocycles. The number of halogens is 1. The van der Waals surface area contributed by atoms with E-state index in [2.05, 4.69) is 31.8 Å². The minimum atomic E-state index is -0.393. The molecule has 5 nitrogen and oxygen atoms in total. The summed E-state index contributed by atoms with van der Waals surface area (Å²) in [5.74, 6) is 0. The first-order chi connectivity index (χ1) is 12.1. The fourth-order valence-corrected chi connectivity index (χ4v) is 2.61. The quantitative estimate of drug-likeness (QED) is 0.487. The number of aromatic nitrogens is 1. The van der Waals surface area contributed by atoms with Gasteiger partial charge in [0.15, 0.2) is 0 Å². The maximum absolute atomic E-state index is 11.9. The SMILES string of the molecule is Cc1cc(NC(=O)NN=Cc2cccn2-c2ccccc2)ccc1Br. The van der Waals surface area contributed by atoms with E-state index in [1.807, 2.05) is 78.4 Å². The highest BCUT2D eigenvalue weighted by Crippen LogP contribution is 2.19. The van der Waals surface area contributed by atoms with Crippen molar-refractivity contribution >= 4 is 33.9 Å². The Labute approximate surface area is 154 Å². The lowest BCUT2D eigenvalue weighted by molar-refractivity contribution is 0.252. The molecule has 0 bridgehead atoms. The second-order valence-electron chi connectivity index (χ2n) is 5.43. The summed E-state index contributed by atoms with van der Waals surface area (Å²) in [7, 11) is 0. The molecule has 0 atom stereocenters. The number of benzene rings is 2. The van der Waals surface area contributed by atoms with E-state index in [1.54, 1.807) is 6.21 Å². The Hall–Kier alpha value is -2.86. The van der Waals surface area contributed by atoms with E-state index in [1.165, 1.54) is 0 Å². The molecule has 2 amide bonds. The molecule has 0 aliphatic heterocycles. The van der Waals surface area contributed by atoms with Gasteiger partial charge in [-0.15, -0.1) is 0 Å². The summed E-state index contributed by atoms with van der Waals surface area (Å²) in [5, 5.41) is 6.76. The number of anilines is 1. The molecular formula is C19H17BrN4O. The Kier molecular flexibility index (Phi) is 5.30. The van der Waals surface area contributed by atoms with Gasteiger partial charge in [0.25, 0.3) is 0 Å². The van der Waals surface area contributed by atoms with Crippen LogP contribution < -0.4 is 10.7 Å². The first kappa shape index (κ1) is 17.0. The molecule has 126 valence electrons. The molecule has 25 heavy (non-hydrogen) atoms. The maximum Gasteiger partial charge on any atom is 0.339 e. The van der Waals surface area contributed by atoms with E-state index in [-0.39, 0.29) is 0 Å². The number of urea groups is 1. The molecule has 3 aromatic rings. The third-order valence-electron chi connectivity index (χ3n) is 3.59. The molecule has 1 aromatic heterocycles. The first-order valence-corrected chi connectivity index (χ1v) is 8.52. The Bertz CT molecular complexity index is 903. The standard InChI is InChI=1S/C19H17BrN4O/c1-14-12-15(9-10-18(14)20)22-19(25)23-21-13-17-8-5-11-24(17)16-6-3-2-4-7-16/h2-13H,1H3,(H2,22,23,25). The lowest BCUT2D eigenvalue weighted by atomic mass is 10.2. The van der Waals surface area contributed by atoms with E-state index in [9.17, 15) is 4.79 Å². The third kappa shape index (κ3) is 4.36. The van der Waals surface area contributed by atoms with Gasteiger partial charge in [-0.3, -0.25) is 0 Å². The summed E-state index contributed by atoms with van der Waals surface area (Å²) in [6.45, 7) is 1.96. The lowest BCUT2D eigenvalue weighted by Crippen LogP contribution is -2.24. The highest BCUT2D eigenvalue weighted by Gasteiger charge is 2.03. The molecule has 3 rings (SSSR count). The van der Waals surface area contributed by atoms with Crippen LogP contribution in [-0.4, -0.2) is 16.8 Å². The van der Waals surface area contributed by atoms with Gasteiger partial charge in [0.05, 0.1) is 11.9 Å². The van der Waals surface area contributed by atoms with Crippen LogP contribution in [0.25, 0.3) is 5.69 Å². The van der Waals surface area contributed by atoms with Gasteiger partial charge in [0, 0.05) is 22.0 Å². The molecule has 0 aliphatic rings. The summed E-state index contributed by atoms with van der Waals surface area (Å²) in [4.78, 5) is 11.9. The smallest absolute Gasteiger partial charge is 0.316 e. The van der Waals surface area contributed by atoms with Crippen molar-refractivity contribution in [2.24, 2.45) is 5.10 Å². The minimum absolute atomic E-state index is 0.393. The Morgan fingerprint density at radius 2 is 1.92 bits per heavy atom. The number of nitrogens with one attached hydrogen (secondary N) is 2. The van der Waals surface area contributed by atoms with Crippen molar-refractivity contribution in [3.63, 3.8) is 0 Å². The van der Waals surface area contributed by atoms with Crippen molar-refractivity contribution in [1.29, 1.82) is 0 Å². The Morgan fingerprint density at radius 1 is 1.12 bits per heavy atom. The van der Waals surface area contributed by atoms with Crippen LogP contribution in [0.1, 0.15) is 11.3 Å². The summed E-state index contributed by atoms with van der Waals surface area (Å²) in [6.07, 6.45) is 3.56. The second kappa shape index (κ2) is 7.81. The number of carbonyl (C=O) groups excluding carboxylic acids is 1. The molecular weight excluding hydrogens is 380 g/mol. The number of para-hydroxylation sites is 1. The largest absolute Gasteiger partial charge is 0.339 e. The fourth-order valence-electron chi connectivity index (χ4n) is 2.36. The van der Waals surface area contributed by atoms with Crippen LogP contribution in [0.3, 0.4) is 0 Å². The van der Waals surface area contributed by atoms with E-state index < -0.39 is 6.03 Å². The lowest BCUT2D eigenvalue weighted by Gasteiger charge is -2.07. The molecule has 0 fully saturated rings. The summed E-state index contributed by atoms with van der Waals surface area (Å²) >= 11 is 3.43. The van der Waals surface area contributed by atoms with Crippen molar-refractivity contribution in [2.45, 2.75) is 6.92 Å². The third-order valence-corrected chi connectivity index (χ3v) is 4.48. The predicted octanol–water partition coefficient (Wildman–Crippen LogP) is 4.70. The van der Waals surface area contributed by atoms with Crippen molar-refractivity contribution in [3.05, 3.63) is 82.6 Å². The molecule has 2 N–H and O–H groups in total. The van der Waals surface area contributed by atoms with Gasteiger partial charge in [-0.2, -0.15) is 5.10 Å². The van der Waals surface area contributed by atoms with Gasteiger partial charge in [-0.05, 0) is 55.0 Å². The van der Waals surface area contributed by atoms with E-state index in [4.69, 9.17) is 0 Å². The molecule has 2 aromatic carbocycles. The number of rotatable bonds is 4. The van der Waals surface area contributed by atoms with Crippen LogP contribution in [0, 0.1) is 6.92 Å². The van der Waals surface area contributed by atoms with E-state index in [0.29, 0.717) is 5.69 Å². The van der Waals surface area contributed by atoms with Crippen LogP contribution in [-0.2, 0) is 0 Å². The first-order valence-electron chi connectivity index (χ1n) is 7.72. The van der Waals surface area contributed by atoms with Crippen molar-refractivity contribution < 1.29 is 4.79 Å².